The molecule has 0 aliphatic heterocycles. The summed E-state index contributed by atoms with van der Waals surface area (Å²) in [6.07, 6.45) is 0. The van der Waals surface area contributed by atoms with Crippen LogP contribution in [-0.4, -0.2) is 34.2 Å². The molecule has 0 saturated heterocycles. The molecule has 0 aromatic carbocycles. The van der Waals surface area contributed by atoms with Gasteiger partial charge in [0, 0.05) is 0 Å². The molecule has 120 valence electrons. The zero-order valence-corrected chi connectivity index (χ0v) is 15.4. The van der Waals surface area contributed by atoms with Gasteiger partial charge >= 0.3 is 6.01 Å². The van der Waals surface area contributed by atoms with Gasteiger partial charge in [-0.15, -0.1) is 0 Å². The molecule has 0 aliphatic carbocycles. The van der Waals surface area contributed by atoms with Crippen LogP contribution in [0, 0.1) is 0 Å². The Morgan fingerprint density at radius 2 is 1.14 bits per heavy atom. The van der Waals surface area contributed by atoms with Gasteiger partial charge in [-0.1, -0.05) is 58.0 Å². The Morgan fingerprint density at radius 3 is 1.59 bits per heavy atom. The molecule has 2 aromatic rings. The Kier molecular flexibility index (Phi) is 7.96. The third-order valence-electron chi connectivity index (χ3n) is 1.88. The van der Waals surface area contributed by atoms with Crippen molar-refractivity contribution in [2.24, 2.45) is 0 Å². The summed E-state index contributed by atoms with van der Waals surface area (Å²) in [6, 6.07) is 0.101. The second-order valence-electron chi connectivity index (χ2n) is 3.21. The van der Waals surface area contributed by atoms with Crippen molar-refractivity contribution in [2.75, 3.05) is 14.2 Å². The Morgan fingerprint density at radius 1 is 0.636 bits per heavy atom. The van der Waals surface area contributed by atoms with E-state index in [9.17, 15) is 0 Å². The molecule has 0 unspecified atom stereocenters. The van der Waals surface area contributed by atoms with E-state index >= 15 is 0 Å². The highest BCUT2D eigenvalue weighted by Gasteiger charge is 2.10. The average Bonchev–Trinajstić information content (AvgIpc) is 2.48. The van der Waals surface area contributed by atoms with Gasteiger partial charge in [0.25, 0.3) is 0 Å². The van der Waals surface area contributed by atoms with Crippen molar-refractivity contribution in [3.8, 4) is 11.9 Å². The molecular weight excluding hydrogens is 421 g/mol. The summed E-state index contributed by atoms with van der Waals surface area (Å²) in [5.74, 6) is 0.177. The fourth-order valence-electron chi connectivity index (χ4n) is 0.979. The molecule has 0 bridgehead atoms. The molecule has 0 saturated carbocycles. The first-order valence-electron chi connectivity index (χ1n) is 5.15. The Hall–Kier alpha value is -0.500. The first-order chi connectivity index (χ1) is 10.3. The van der Waals surface area contributed by atoms with Crippen molar-refractivity contribution in [1.82, 2.24) is 19.9 Å². The van der Waals surface area contributed by atoms with Crippen LogP contribution in [0.5, 0.6) is 11.9 Å². The van der Waals surface area contributed by atoms with Gasteiger partial charge in [-0.05, 0) is 11.6 Å². The van der Waals surface area contributed by atoms with E-state index in [0.29, 0.717) is 0 Å². The third-order valence-corrected chi connectivity index (χ3v) is 3.86. The zero-order chi connectivity index (χ0) is 16.9. The lowest BCUT2D eigenvalue weighted by molar-refractivity contribution is 0.380. The molecule has 0 aliphatic rings. The van der Waals surface area contributed by atoms with E-state index in [4.69, 9.17) is 74.3 Å². The smallest absolute Gasteiger partial charge is 0.319 e. The van der Waals surface area contributed by atoms with Crippen molar-refractivity contribution in [3.63, 3.8) is 0 Å². The van der Waals surface area contributed by atoms with Gasteiger partial charge in [-0.3, -0.25) is 0 Å². The fraction of sp³-hybridized carbons (Fsp3) is 0.200. The van der Waals surface area contributed by atoms with Gasteiger partial charge in [-0.25, -0.2) is 4.98 Å². The number of methoxy groups -OCH3 is 2. The zero-order valence-electron chi connectivity index (χ0n) is 10.9. The van der Waals surface area contributed by atoms with Gasteiger partial charge in [0.1, 0.15) is 10.0 Å². The highest BCUT2D eigenvalue weighted by atomic mass is 35.5. The van der Waals surface area contributed by atoms with Crippen molar-refractivity contribution in [3.05, 3.63) is 30.8 Å². The number of ether oxygens (including phenoxy) is 2. The molecule has 6 nitrogen and oxygen atoms in total. The van der Waals surface area contributed by atoms with Crippen molar-refractivity contribution >= 4 is 69.6 Å². The number of rotatable bonds is 2. The van der Waals surface area contributed by atoms with E-state index < -0.39 is 0 Å². The molecule has 2 heterocycles. The van der Waals surface area contributed by atoms with Crippen LogP contribution in [0.15, 0.2) is 0 Å². The molecule has 0 N–H and O–H groups in total. The van der Waals surface area contributed by atoms with Crippen LogP contribution in [0.2, 0.25) is 30.8 Å². The van der Waals surface area contributed by atoms with E-state index in [1.54, 1.807) is 0 Å². The molecule has 2 aromatic heterocycles. The standard InChI is InChI=1S/2C5H3Cl3N2O/c1-11-4-2(6)3(7)9-5(8)10-4;1-11-5-9-3(7)2(6)4(8)10-5/h2*1H3. The molecule has 2 rings (SSSR count). The summed E-state index contributed by atoms with van der Waals surface area (Å²) in [7, 11) is 2.83. The van der Waals surface area contributed by atoms with E-state index in [1.165, 1.54) is 14.2 Å². The fourth-order valence-corrected chi connectivity index (χ4v) is 1.96. The largest absolute Gasteiger partial charge is 0.480 e. The van der Waals surface area contributed by atoms with Crippen LogP contribution in [-0.2, 0) is 0 Å². The Labute approximate surface area is 155 Å². The second-order valence-corrected chi connectivity index (χ2v) is 5.38. The summed E-state index contributed by atoms with van der Waals surface area (Å²) in [4.78, 5) is 14.6. The van der Waals surface area contributed by atoms with Gasteiger partial charge in [0.2, 0.25) is 11.2 Å². The minimum absolute atomic E-state index is 0.0104. The van der Waals surface area contributed by atoms with E-state index in [0.717, 1.165) is 0 Å². The monoisotopic (exact) mass is 424 g/mol. The SMILES string of the molecule is COc1nc(Cl)c(Cl)c(Cl)n1.COc1nc(Cl)nc(Cl)c1Cl. The quantitative estimate of drug-likeness (QED) is 0.503. The minimum atomic E-state index is 0.0104. The lowest BCUT2D eigenvalue weighted by Crippen LogP contribution is -1.92. The highest BCUT2D eigenvalue weighted by Crippen LogP contribution is 2.29. The summed E-state index contributed by atoms with van der Waals surface area (Å²) in [5, 5.41) is 0.569. The second kappa shape index (κ2) is 8.96. The van der Waals surface area contributed by atoms with Crippen molar-refractivity contribution in [1.29, 1.82) is 0 Å². The number of hydrogen-bond donors (Lipinski definition) is 0. The van der Waals surface area contributed by atoms with E-state index in [-0.39, 0.29) is 42.7 Å². The number of hydrogen-bond acceptors (Lipinski definition) is 6. The maximum absolute atomic E-state index is 5.62. The average molecular weight is 427 g/mol. The minimum Gasteiger partial charge on any atom is -0.480 e. The maximum atomic E-state index is 5.62. The summed E-state index contributed by atoms with van der Waals surface area (Å²) in [5.41, 5.74) is 0. The first kappa shape index (κ1) is 19.5. The van der Waals surface area contributed by atoms with Crippen LogP contribution in [0.3, 0.4) is 0 Å². The summed E-state index contributed by atoms with van der Waals surface area (Å²) < 4.78 is 9.44. The van der Waals surface area contributed by atoms with Gasteiger partial charge in [0.15, 0.2) is 15.5 Å². The number of aromatic nitrogens is 4. The van der Waals surface area contributed by atoms with Gasteiger partial charge < -0.3 is 9.47 Å². The predicted octanol–water partition coefficient (Wildman–Crippen LogP) is 4.89. The lowest BCUT2D eigenvalue weighted by Gasteiger charge is -2.01. The third kappa shape index (κ3) is 5.30. The van der Waals surface area contributed by atoms with Crippen LogP contribution in [0.1, 0.15) is 0 Å². The van der Waals surface area contributed by atoms with Gasteiger partial charge in [-0.2, -0.15) is 15.0 Å². The molecular formula is C10H6Cl6N4O2. The van der Waals surface area contributed by atoms with Crippen LogP contribution in [0.25, 0.3) is 0 Å². The molecule has 22 heavy (non-hydrogen) atoms. The van der Waals surface area contributed by atoms with E-state index in [1.807, 2.05) is 0 Å². The normalized spacial score (nSPS) is 9.82. The van der Waals surface area contributed by atoms with Crippen LogP contribution in [0.4, 0.5) is 0 Å². The lowest BCUT2D eigenvalue weighted by atomic mass is 10.6. The number of halogens is 6. The summed E-state index contributed by atoms with van der Waals surface area (Å²) >= 11 is 33.3. The van der Waals surface area contributed by atoms with Crippen LogP contribution < -0.4 is 9.47 Å². The molecule has 0 radical (unpaired) electrons. The number of nitrogens with zero attached hydrogens (tertiary/aromatic N) is 4. The molecule has 0 amide bonds. The van der Waals surface area contributed by atoms with Gasteiger partial charge in [0.05, 0.1) is 14.2 Å². The molecule has 12 heteroatoms. The van der Waals surface area contributed by atoms with Crippen molar-refractivity contribution in [2.45, 2.75) is 0 Å². The maximum Gasteiger partial charge on any atom is 0.319 e. The predicted molar refractivity (Wildman–Crippen MR) is 87.2 cm³/mol. The topological polar surface area (TPSA) is 70.0 Å². The first-order valence-corrected chi connectivity index (χ1v) is 7.42. The highest BCUT2D eigenvalue weighted by molar-refractivity contribution is 6.46. The van der Waals surface area contributed by atoms with Crippen LogP contribution >= 0.6 is 69.6 Å². The molecule has 0 atom stereocenters. The summed E-state index contributed by atoms with van der Waals surface area (Å²) in [6.45, 7) is 0. The Balaban J connectivity index is 0.000000220. The Bertz CT molecular complexity index is 649. The molecule has 0 fully saturated rings. The molecule has 0 spiro atoms. The van der Waals surface area contributed by atoms with Crippen molar-refractivity contribution < 1.29 is 9.47 Å². The van der Waals surface area contributed by atoms with E-state index in [2.05, 4.69) is 24.7 Å².